The van der Waals surface area contributed by atoms with Gasteiger partial charge in [0, 0.05) is 31.4 Å². The van der Waals surface area contributed by atoms with Gasteiger partial charge in [-0.15, -0.1) is 0 Å². The van der Waals surface area contributed by atoms with Crippen LogP contribution in [0.15, 0.2) is 47.5 Å². The normalized spacial score (nSPS) is 15.0. The zero-order valence-corrected chi connectivity index (χ0v) is 15.2. The van der Waals surface area contributed by atoms with Crippen LogP contribution >= 0.6 is 0 Å². The molecular weight excluding hydrogens is 365 g/mol. The highest BCUT2D eigenvalue weighted by molar-refractivity contribution is 5.76. The van der Waals surface area contributed by atoms with E-state index in [2.05, 4.69) is 15.1 Å². The SMILES string of the molecule is O=C(Cn1ccnc1)N1CCC(c2noc(COc3ccc(F)cc3)n2)CC1. The predicted octanol–water partition coefficient (Wildman–Crippen LogP) is 2.39. The molecule has 8 nitrogen and oxygen atoms in total. The summed E-state index contributed by atoms with van der Waals surface area (Å²) < 4.78 is 25.5. The van der Waals surface area contributed by atoms with Crippen LogP contribution in [0, 0.1) is 5.82 Å². The number of likely N-dealkylation sites (tertiary alicyclic amines) is 1. The van der Waals surface area contributed by atoms with Crippen molar-refractivity contribution in [1.82, 2.24) is 24.6 Å². The fraction of sp³-hybridized carbons (Fsp3) is 0.368. The van der Waals surface area contributed by atoms with Crippen molar-refractivity contribution in [2.45, 2.75) is 31.9 Å². The predicted molar refractivity (Wildman–Crippen MR) is 95.8 cm³/mol. The summed E-state index contributed by atoms with van der Waals surface area (Å²) in [4.78, 5) is 22.6. The van der Waals surface area contributed by atoms with E-state index in [1.54, 1.807) is 35.4 Å². The van der Waals surface area contributed by atoms with Gasteiger partial charge in [-0.05, 0) is 37.1 Å². The zero-order valence-electron chi connectivity index (χ0n) is 15.2. The van der Waals surface area contributed by atoms with Gasteiger partial charge in [0.15, 0.2) is 12.4 Å². The number of carbonyl (C=O) groups excluding carboxylic acids is 1. The van der Waals surface area contributed by atoms with Crippen LogP contribution in [0.25, 0.3) is 0 Å². The largest absolute Gasteiger partial charge is 0.484 e. The summed E-state index contributed by atoms with van der Waals surface area (Å²) in [5.74, 6) is 1.46. The van der Waals surface area contributed by atoms with Crippen molar-refractivity contribution in [3.05, 3.63) is 60.5 Å². The second-order valence-corrected chi connectivity index (χ2v) is 6.68. The molecule has 0 atom stereocenters. The fourth-order valence-electron chi connectivity index (χ4n) is 3.19. The Morgan fingerprint density at radius 3 is 2.75 bits per heavy atom. The smallest absolute Gasteiger partial charge is 0.264 e. The van der Waals surface area contributed by atoms with Crippen molar-refractivity contribution in [2.75, 3.05) is 13.1 Å². The molecule has 0 radical (unpaired) electrons. The fourth-order valence-corrected chi connectivity index (χ4v) is 3.19. The first kappa shape index (κ1) is 18.1. The minimum atomic E-state index is -0.317. The number of imidazole rings is 1. The van der Waals surface area contributed by atoms with Gasteiger partial charge in [0.2, 0.25) is 5.91 Å². The lowest BCUT2D eigenvalue weighted by atomic mass is 9.96. The third-order valence-electron chi connectivity index (χ3n) is 4.75. The van der Waals surface area contributed by atoms with E-state index >= 15 is 0 Å². The summed E-state index contributed by atoms with van der Waals surface area (Å²) in [5.41, 5.74) is 0. The van der Waals surface area contributed by atoms with Gasteiger partial charge in [-0.2, -0.15) is 4.98 Å². The molecule has 4 rings (SSSR count). The Kier molecular flexibility index (Phi) is 5.31. The van der Waals surface area contributed by atoms with E-state index in [1.165, 1.54) is 12.1 Å². The van der Waals surface area contributed by atoms with E-state index in [9.17, 15) is 9.18 Å². The Labute approximate surface area is 160 Å². The Morgan fingerprint density at radius 2 is 2.04 bits per heavy atom. The second kappa shape index (κ2) is 8.20. The molecule has 1 aromatic carbocycles. The van der Waals surface area contributed by atoms with Crippen molar-refractivity contribution in [3.63, 3.8) is 0 Å². The van der Waals surface area contributed by atoms with Gasteiger partial charge in [-0.25, -0.2) is 9.37 Å². The molecule has 146 valence electrons. The third-order valence-corrected chi connectivity index (χ3v) is 4.75. The molecule has 0 unspecified atom stereocenters. The van der Waals surface area contributed by atoms with Crippen LogP contribution in [0.3, 0.4) is 0 Å². The van der Waals surface area contributed by atoms with Crippen molar-refractivity contribution in [3.8, 4) is 5.75 Å². The first-order valence-corrected chi connectivity index (χ1v) is 9.12. The molecule has 0 bridgehead atoms. The maximum atomic E-state index is 12.9. The molecule has 0 spiro atoms. The molecule has 3 aromatic rings. The van der Waals surface area contributed by atoms with E-state index in [0.29, 0.717) is 37.1 Å². The summed E-state index contributed by atoms with van der Waals surface area (Å²) in [6, 6.07) is 5.75. The van der Waals surface area contributed by atoms with Crippen LogP contribution < -0.4 is 4.74 Å². The minimum Gasteiger partial charge on any atom is -0.484 e. The molecule has 0 saturated carbocycles. The molecule has 0 N–H and O–H groups in total. The van der Waals surface area contributed by atoms with Crippen LogP contribution in [0.2, 0.25) is 0 Å². The Morgan fingerprint density at radius 1 is 1.25 bits per heavy atom. The number of piperidine rings is 1. The summed E-state index contributed by atoms with van der Waals surface area (Å²) >= 11 is 0. The van der Waals surface area contributed by atoms with Crippen molar-refractivity contribution < 1.29 is 18.4 Å². The number of benzene rings is 1. The van der Waals surface area contributed by atoms with Crippen LogP contribution in [-0.4, -0.2) is 43.6 Å². The standard InChI is InChI=1S/C19H20FN5O3/c20-15-1-3-16(4-2-15)27-12-17-22-19(23-28-17)14-5-8-25(9-6-14)18(26)11-24-10-7-21-13-24/h1-4,7,10,13-14H,5-6,8-9,11-12H2. The van der Waals surface area contributed by atoms with E-state index < -0.39 is 0 Å². The minimum absolute atomic E-state index is 0.0814. The van der Waals surface area contributed by atoms with Crippen LogP contribution in [0.1, 0.15) is 30.5 Å². The quantitative estimate of drug-likeness (QED) is 0.648. The van der Waals surface area contributed by atoms with Crippen molar-refractivity contribution in [1.29, 1.82) is 0 Å². The Balaban J connectivity index is 1.27. The number of hydrogen-bond donors (Lipinski definition) is 0. The highest BCUT2D eigenvalue weighted by Gasteiger charge is 2.27. The van der Waals surface area contributed by atoms with E-state index in [1.807, 2.05) is 4.90 Å². The second-order valence-electron chi connectivity index (χ2n) is 6.68. The number of rotatable bonds is 6. The highest BCUT2D eigenvalue weighted by atomic mass is 19.1. The number of amides is 1. The number of halogens is 1. The molecule has 1 fully saturated rings. The van der Waals surface area contributed by atoms with E-state index in [0.717, 1.165) is 12.8 Å². The number of carbonyl (C=O) groups is 1. The molecule has 1 amide bonds. The summed E-state index contributed by atoms with van der Waals surface area (Å²) in [5, 5.41) is 4.06. The van der Waals surface area contributed by atoms with Crippen molar-refractivity contribution in [2.24, 2.45) is 0 Å². The summed E-state index contributed by atoms with van der Waals surface area (Å²) in [7, 11) is 0. The van der Waals surface area contributed by atoms with Gasteiger partial charge < -0.3 is 18.7 Å². The lowest BCUT2D eigenvalue weighted by Crippen LogP contribution is -2.39. The highest BCUT2D eigenvalue weighted by Crippen LogP contribution is 2.26. The topological polar surface area (TPSA) is 86.3 Å². The van der Waals surface area contributed by atoms with Crippen molar-refractivity contribution >= 4 is 5.91 Å². The Hall–Kier alpha value is -3.23. The van der Waals surface area contributed by atoms with Gasteiger partial charge in [0.1, 0.15) is 18.1 Å². The molecule has 1 saturated heterocycles. The lowest BCUT2D eigenvalue weighted by Gasteiger charge is -2.30. The maximum absolute atomic E-state index is 12.9. The van der Waals surface area contributed by atoms with Crippen LogP contribution in [0.4, 0.5) is 4.39 Å². The number of hydrogen-bond acceptors (Lipinski definition) is 6. The molecule has 1 aliphatic heterocycles. The maximum Gasteiger partial charge on any atom is 0.264 e. The van der Waals surface area contributed by atoms with Gasteiger partial charge in [0.05, 0.1) is 6.33 Å². The first-order valence-electron chi connectivity index (χ1n) is 9.12. The molecule has 9 heteroatoms. The van der Waals surface area contributed by atoms with Gasteiger partial charge in [-0.3, -0.25) is 4.79 Å². The van der Waals surface area contributed by atoms with E-state index in [4.69, 9.17) is 9.26 Å². The molecule has 1 aliphatic rings. The molecule has 2 aromatic heterocycles. The zero-order chi connectivity index (χ0) is 19.3. The summed E-state index contributed by atoms with van der Waals surface area (Å²) in [6.07, 6.45) is 6.65. The average Bonchev–Trinajstić information content (AvgIpc) is 3.40. The van der Waals surface area contributed by atoms with Gasteiger partial charge in [-0.1, -0.05) is 5.16 Å². The summed E-state index contributed by atoms with van der Waals surface area (Å²) in [6.45, 7) is 1.75. The number of nitrogens with zero attached hydrogens (tertiary/aromatic N) is 5. The molecule has 0 aliphatic carbocycles. The molecule has 28 heavy (non-hydrogen) atoms. The molecule has 3 heterocycles. The Bertz CT molecular complexity index is 902. The van der Waals surface area contributed by atoms with Crippen LogP contribution in [-0.2, 0) is 17.9 Å². The average molecular weight is 385 g/mol. The number of ether oxygens (including phenoxy) is 1. The third kappa shape index (κ3) is 4.36. The van der Waals surface area contributed by atoms with E-state index in [-0.39, 0.29) is 24.2 Å². The van der Waals surface area contributed by atoms with Gasteiger partial charge in [0.25, 0.3) is 5.89 Å². The van der Waals surface area contributed by atoms with Crippen LogP contribution in [0.5, 0.6) is 5.75 Å². The first-order chi connectivity index (χ1) is 13.7. The number of aromatic nitrogens is 4. The lowest BCUT2D eigenvalue weighted by molar-refractivity contribution is -0.132. The van der Waals surface area contributed by atoms with Gasteiger partial charge >= 0.3 is 0 Å². The molecular formula is C19H20FN5O3. The monoisotopic (exact) mass is 385 g/mol.